The first kappa shape index (κ1) is 28.8. The molecule has 1 aliphatic rings. The van der Waals surface area contributed by atoms with Crippen molar-refractivity contribution in [1.29, 1.82) is 0 Å². The number of nitrogens with one attached hydrogen (secondary N) is 2. The number of rotatable bonds is 6. The molecule has 1 fully saturated rings. The summed E-state index contributed by atoms with van der Waals surface area (Å²) in [6.07, 6.45) is 1.81. The Labute approximate surface area is 252 Å². The topological polar surface area (TPSA) is 62.2 Å². The minimum Gasteiger partial charge on any atom is -0.351 e. The zero-order chi connectivity index (χ0) is 29.6. The van der Waals surface area contributed by atoms with Crippen LogP contribution in [0.15, 0.2) is 60.8 Å². The van der Waals surface area contributed by atoms with Crippen LogP contribution in [-0.4, -0.2) is 20.6 Å². The summed E-state index contributed by atoms with van der Waals surface area (Å²) in [5, 5.41) is 7.51. The van der Waals surface area contributed by atoms with Crippen LogP contribution in [0, 0.1) is 40.5 Å². The highest BCUT2D eigenvalue weighted by molar-refractivity contribution is 7.80. The Morgan fingerprint density at radius 1 is 1.02 bits per heavy atom. The van der Waals surface area contributed by atoms with Crippen LogP contribution in [0.3, 0.4) is 0 Å². The van der Waals surface area contributed by atoms with Gasteiger partial charge in [0.1, 0.15) is 0 Å². The van der Waals surface area contributed by atoms with Gasteiger partial charge in [0.2, 0.25) is 5.91 Å². The molecule has 2 aromatic carbocycles. The van der Waals surface area contributed by atoms with Crippen molar-refractivity contribution < 1.29 is 4.79 Å². The molecule has 1 amide bonds. The lowest BCUT2D eigenvalue weighted by Gasteiger charge is -2.29. The predicted molar refractivity (Wildman–Crippen MR) is 172 cm³/mol. The highest BCUT2D eigenvalue weighted by Gasteiger charge is 2.42. The Hall–Kier alpha value is -3.68. The van der Waals surface area contributed by atoms with Crippen molar-refractivity contribution in [3.8, 4) is 5.69 Å². The molecule has 212 valence electrons. The fourth-order valence-electron chi connectivity index (χ4n) is 5.94. The number of carbonyl (C=O) groups excluding carboxylic acids is 1. The Bertz CT molecular complexity index is 1620. The van der Waals surface area contributed by atoms with E-state index in [-0.39, 0.29) is 23.9 Å². The number of amides is 1. The molecule has 6 nitrogen and oxygen atoms in total. The van der Waals surface area contributed by atoms with Crippen LogP contribution >= 0.6 is 23.8 Å². The standard InChI is InChI=1S/C33H36ClN5OS/c1-18(2)32(40)36-27-12-11-24(17-26(27)34)39-31(29(37-33(39)41)28-10-8-9-13-35-28)25-16-22(6)38(23(25)7)30-20(4)14-19(3)15-21(30)5/h8-18,29,31H,1-7H3,(H,36,40)(H,37,41). The number of aromatic nitrogens is 2. The molecule has 1 saturated heterocycles. The predicted octanol–water partition coefficient (Wildman–Crippen LogP) is 7.84. The molecule has 0 saturated carbocycles. The molecule has 2 atom stereocenters. The maximum Gasteiger partial charge on any atom is 0.226 e. The monoisotopic (exact) mass is 585 g/mol. The number of nitrogens with zero attached hydrogens (tertiary/aromatic N) is 3. The summed E-state index contributed by atoms with van der Waals surface area (Å²) in [6.45, 7) is 14.5. The maximum absolute atomic E-state index is 12.3. The second-order valence-corrected chi connectivity index (χ2v) is 12.0. The minimum atomic E-state index is -0.185. The van der Waals surface area contributed by atoms with Crippen molar-refractivity contribution >= 4 is 46.2 Å². The number of carbonyl (C=O) groups is 1. The largest absolute Gasteiger partial charge is 0.351 e. The van der Waals surface area contributed by atoms with E-state index in [1.165, 1.54) is 22.4 Å². The average Bonchev–Trinajstić information content (AvgIpc) is 3.40. The third-order valence-corrected chi connectivity index (χ3v) is 8.39. The molecule has 1 aliphatic heterocycles. The van der Waals surface area contributed by atoms with Gasteiger partial charge in [-0.15, -0.1) is 0 Å². The van der Waals surface area contributed by atoms with Crippen molar-refractivity contribution in [1.82, 2.24) is 14.9 Å². The molecule has 0 aliphatic carbocycles. The van der Waals surface area contributed by atoms with Crippen LogP contribution in [0.5, 0.6) is 0 Å². The first-order valence-electron chi connectivity index (χ1n) is 13.9. The van der Waals surface area contributed by atoms with Crippen LogP contribution < -0.4 is 15.5 Å². The van der Waals surface area contributed by atoms with Gasteiger partial charge in [-0.1, -0.05) is 49.2 Å². The van der Waals surface area contributed by atoms with E-state index in [2.05, 4.69) is 72.9 Å². The van der Waals surface area contributed by atoms with Gasteiger partial charge in [0.15, 0.2) is 5.11 Å². The average molecular weight is 586 g/mol. The fraction of sp³-hybridized carbons (Fsp3) is 0.303. The fourth-order valence-corrected chi connectivity index (χ4v) is 6.51. The van der Waals surface area contributed by atoms with Gasteiger partial charge in [-0.05, 0) is 99.9 Å². The molecular weight excluding hydrogens is 550 g/mol. The maximum atomic E-state index is 12.3. The van der Waals surface area contributed by atoms with Crippen LogP contribution in [0.25, 0.3) is 5.69 Å². The van der Waals surface area contributed by atoms with Crippen molar-refractivity contribution in [2.75, 3.05) is 10.2 Å². The highest BCUT2D eigenvalue weighted by Crippen LogP contribution is 2.45. The number of hydrogen-bond donors (Lipinski definition) is 2. The Morgan fingerprint density at radius 2 is 1.73 bits per heavy atom. The Balaban J connectivity index is 1.65. The summed E-state index contributed by atoms with van der Waals surface area (Å²) >= 11 is 12.7. The van der Waals surface area contributed by atoms with Crippen molar-refractivity contribution in [3.05, 3.63) is 105 Å². The molecule has 2 aromatic heterocycles. The van der Waals surface area contributed by atoms with E-state index in [1.54, 1.807) is 0 Å². The van der Waals surface area contributed by atoms with Crippen molar-refractivity contribution in [3.63, 3.8) is 0 Å². The van der Waals surface area contributed by atoms with Crippen molar-refractivity contribution in [2.24, 2.45) is 5.92 Å². The third-order valence-electron chi connectivity index (χ3n) is 7.76. The summed E-state index contributed by atoms with van der Waals surface area (Å²) in [5.74, 6) is -0.235. The highest BCUT2D eigenvalue weighted by atomic mass is 35.5. The third kappa shape index (κ3) is 5.36. The molecule has 2 unspecified atom stereocenters. The number of pyridine rings is 1. The molecule has 0 bridgehead atoms. The normalized spacial score (nSPS) is 16.8. The number of halogens is 1. The van der Waals surface area contributed by atoms with Gasteiger partial charge < -0.3 is 20.1 Å². The summed E-state index contributed by atoms with van der Waals surface area (Å²) in [6, 6.07) is 18.0. The van der Waals surface area contributed by atoms with Gasteiger partial charge in [-0.3, -0.25) is 9.78 Å². The van der Waals surface area contributed by atoms with Gasteiger partial charge in [-0.25, -0.2) is 0 Å². The molecule has 4 aromatic rings. The van der Waals surface area contributed by atoms with E-state index >= 15 is 0 Å². The van der Waals surface area contributed by atoms with Gasteiger partial charge in [0, 0.05) is 29.2 Å². The zero-order valence-corrected chi connectivity index (χ0v) is 26.1. The van der Waals surface area contributed by atoms with Crippen LogP contribution in [-0.2, 0) is 4.79 Å². The van der Waals surface area contributed by atoms with E-state index in [4.69, 9.17) is 28.8 Å². The van der Waals surface area contributed by atoms with Crippen LogP contribution in [0.4, 0.5) is 11.4 Å². The summed E-state index contributed by atoms with van der Waals surface area (Å²) in [4.78, 5) is 19.2. The zero-order valence-electron chi connectivity index (χ0n) is 24.5. The first-order chi connectivity index (χ1) is 19.5. The van der Waals surface area contributed by atoms with Gasteiger partial charge >= 0.3 is 0 Å². The summed E-state index contributed by atoms with van der Waals surface area (Å²) in [7, 11) is 0. The van der Waals surface area contributed by atoms with E-state index in [0.29, 0.717) is 15.8 Å². The Kier molecular flexibility index (Phi) is 7.95. The van der Waals surface area contributed by atoms with Crippen LogP contribution in [0.2, 0.25) is 5.02 Å². The van der Waals surface area contributed by atoms with Gasteiger partial charge in [0.05, 0.1) is 34.2 Å². The number of hydrogen-bond acceptors (Lipinski definition) is 3. The van der Waals surface area contributed by atoms with Gasteiger partial charge in [-0.2, -0.15) is 0 Å². The minimum absolute atomic E-state index is 0.0831. The second kappa shape index (κ2) is 11.3. The van der Waals surface area contributed by atoms with E-state index < -0.39 is 0 Å². The SMILES string of the molecule is Cc1cc(C)c(-n2c(C)cc(C3C(c4ccccn4)NC(=S)N3c3ccc(NC(=O)C(C)C)c(Cl)c3)c2C)c(C)c1. The Morgan fingerprint density at radius 3 is 2.34 bits per heavy atom. The number of thiocarbonyl (C=S) groups is 1. The quantitative estimate of drug-likeness (QED) is 0.226. The van der Waals surface area contributed by atoms with E-state index in [0.717, 1.165) is 28.3 Å². The number of anilines is 2. The van der Waals surface area contributed by atoms with Gasteiger partial charge in [0.25, 0.3) is 0 Å². The molecule has 3 heterocycles. The molecule has 0 spiro atoms. The summed E-state index contributed by atoms with van der Waals surface area (Å²) in [5.41, 5.74) is 10.7. The molecule has 41 heavy (non-hydrogen) atoms. The first-order valence-corrected chi connectivity index (χ1v) is 14.6. The lowest BCUT2D eigenvalue weighted by molar-refractivity contribution is -0.118. The van der Waals surface area contributed by atoms with Crippen molar-refractivity contribution in [2.45, 2.75) is 60.5 Å². The number of benzene rings is 2. The molecule has 2 N–H and O–H groups in total. The molecular formula is C33H36ClN5OS. The lowest BCUT2D eigenvalue weighted by Crippen LogP contribution is -2.29. The summed E-state index contributed by atoms with van der Waals surface area (Å²) < 4.78 is 2.35. The lowest BCUT2D eigenvalue weighted by atomic mass is 9.96. The number of aryl methyl sites for hydroxylation is 4. The smallest absolute Gasteiger partial charge is 0.226 e. The van der Waals surface area contributed by atoms with Crippen LogP contribution in [0.1, 0.15) is 65.3 Å². The molecule has 0 radical (unpaired) electrons. The molecule has 5 rings (SSSR count). The van der Waals surface area contributed by atoms with E-state index in [1.807, 2.05) is 56.4 Å². The van der Waals surface area contributed by atoms with E-state index in [9.17, 15) is 4.79 Å². The molecule has 8 heteroatoms. The second-order valence-electron chi connectivity index (χ2n) is 11.2.